The molecule has 0 saturated carbocycles. The maximum absolute atomic E-state index is 9.55. The number of carboxylic acid groups (broad SMARTS) is 2. The van der Waals surface area contributed by atoms with E-state index < -0.39 is 11.9 Å². The molecule has 0 heterocycles. The van der Waals surface area contributed by atoms with Gasteiger partial charge in [-0.2, -0.15) is 0 Å². The summed E-state index contributed by atoms with van der Waals surface area (Å²) in [7, 11) is 0. The van der Waals surface area contributed by atoms with E-state index in [2.05, 4.69) is 0 Å². The molecule has 0 aromatic heterocycles. The summed E-state index contributed by atoms with van der Waals surface area (Å²) in [5.41, 5.74) is 0. The minimum absolute atomic E-state index is 0. The molecule has 0 bridgehead atoms. The summed E-state index contributed by atoms with van der Waals surface area (Å²) < 4.78 is 0. The van der Waals surface area contributed by atoms with Crippen molar-refractivity contribution in [3.8, 4) is 0 Å². The van der Waals surface area contributed by atoms with Gasteiger partial charge in [-0.1, -0.05) is 0 Å². The third-order valence-electron chi connectivity index (χ3n) is 0.368. The molecule has 0 aromatic carbocycles. The van der Waals surface area contributed by atoms with Crippen LogP contribution in [0.5, 0.6) is 0 Å². The summed E-state index contributed by atoms with van der Waals surface area (Å²) in [4.78, 5) is 19.1. The third-order valence-corrected chi connectivity index (χ3v) is 0.368. The van der Waals surface area contributed by atoms with Crippen molar-refractivity contribution < 1.29 is 19.8 Å². The number of hydrogen-bond donors (Lipinski definition) is 3. The van der Waals surface area contributed by atoms with Gasteiger partial charge >= 0.3 is 41.5 Å². The van der Waals surface area contributed by atoms with Crippen LogP contribution in [0.1, 0.15) is 0 Å². The summed E-state index contributed by atoms with van der Waals surface area (Å²) >= 11 is 0. The van der Waals surface area contributed by atoms with Crippen LogP contribution >= 0.6 is 0 Å². The third kappa shape index (κ3) is 15.6. The molecule has 0 aliphatic carbocycles. The molecular formula is C4H8NNaO4. The van der Waals surface area contributed by atoms with E-state index in [0.717, 1.165) is 0 Å². The van der Waals surface area contributed by atoms with Crippen LogP contribution in [0, 0.1) is 0 Å². The molecule has 6 heteroatoms. The summed E-state index contributed by atoms with van der Waals surface area (Å²) in [5, 5.41) is 15.6. The Kier molecular flexibility index (Phi) is 14.1. The van der Waals surface area contributed by atoms with Gasteiger partial charge in [0.05, 0.1) is 0 Å². The van der Waals surface area contributed by atoms with Gasteiger partial charge in [-0.3, -0.25) is 0 Å². The van der Waals surface area contributed by atoms with E-state index >= 15 is 0 Å². The molecule has 0 aromatic rings. The molecule has 0 saturated heterocycles. The standard InChI is InChI=1S/C4H4O4.H3N.Na.H/c5-3(6)1-2-4(7)8;;;/h1-2H,(H,5,6)(H,7,8);1H3;;/b2-1-;;;. The topological polar surface area (TPSA) is 110 Å². The van der Waals surface area contributed by atoms with E-state index in [9.17, 15) is 9.59 Å². The van der Waals surface area contributed by atoms with Crippen LogP contribution in [0.4, 0.5) is 0 Å². The first-order chi connectivity index (χ1) is 3.63. The second-order valence-corrected chi connectivity index (χ2v) is 1.01. The van der Waals surface area contributed by atoms with Gasteiger partial charge in [-0.15, -0.1) is 0 Å². The number of hydrogen-bond acceptors (Lipinski definition) is 3. The predicted molar refractivity (Wildman–Crippen MR) is 36.6 cm³/mol. The monoisotopic (exact) mass is 157 g/mol. The Hall–Kier alpha value is -0.360. The van der Waals surface area contributed by atoms with Crippen LogP contribution in [0.3, 0.4) is 0 Å². The fourth-order valence-corrected chi connectivity index (χ4v) is 0.143. The zero-order chi connectivity index (χ0) is 6.57. The molecular weight excluding hydrogens is 149 g/mol. The SMILES string of the molecule is N.O=C(O)/C=C\C(=O)O.[NaH]. The van der Waals surface area contributed by atoms with Gasteiger partial charge in [0.15, 0.2) is 0 Å². The van der Waals surface area contributed by atoms with Crippen LogP contribution < -0.4 is 6.15 Å². The Bertz CT molecular complexity index is 128. The summed E-state index contributed by atoms with van der Waals surface area (Å²) in [6, 6.07) is 0. The normalized spacial score (nSPS) is 7.60. The number of carboxylic acids is 2. The van der Waals surface area contributed by atoms with E-state index in [0.29, 0.717) is 12.2 Å². The van der Waals surface area contributed by atoms with Crippen LogP contribution in [0.2, 0.25) is 0 Å². The first-order valence-electron chi connectivity index (χ1n) is 1.77. The quantitative estimate of drug-likeness (QED) is 0.360. The molecule has 5 nitrogen and oxygen atoms in total. The Morgan fingerprint density at radius 1 is 1.00 bits per heavy atom. The van der Waals surface area contributed by atoms with Gasteiger partial charge in [-0.25, -0.2) is 9.59 Å². The van der Waals surface area contributed by atoms with Crippen molar-refractivity contribution >= 4 is 41.5 Å². The predicted octanol–water partition coefficient (Wildman–Crippen LogP) is -0.775. The van der Waals surface area contributed by atoms with Gasteiger partial charge in [0, 0.05) is 12.2 Å². The second-order valence-electron chi connectivity index (χ2n) is 1.01. The van der Waals surface area contributed by atoms with Crippen molar-refractivity contribution in [1.29, 1.82) is 0 Å². The second kappa shape index (κ2) is 8.64. The molecule has 0 rings (SSSR count). The zero-order valence-corrected chi connectivity index (χ0v) is 4.57. The van der Waals surface area contributed by atoms with Crippen molar-refractivity contribution in [2.24, 2.45) is 0 Å². The van der Waals surface area contributed by atoms with Gasteiger partial charge in [0.25, 0.3) is 0 Å². The Morgan fingerprint density at radius 3 is 1.30 bits per heavy atom. The summed E-state index contributed by atoms with van der Waals surface area (Å²) in [6.45, 7) is 0. The molecule has 0 radical (unpaired) electrons. The van der Waals surface area contributed by atoms with Crippen molar-refractivity contribution in [2.45, 2.75) is 0 Å². The van der Waals surface area contributed by atoms with E-state index in [1.54, 1.807) is 0 Å². The van der Waals surface area contributed by atoms with E-state index in [4.69, 9.17) is 10.2 Å². The molecule has 5 N–H and O–H groups in total. The van der Waals surface area contributed by atoms with Crippen molar-refractivity contribution in [3.05, 3.63) is 12.2 Å². The van der Waals surface area contributed by atoms with Gasteiger partial charge in [0.2, 0.25) is 0 Å². The summed E-state index contributed by atoms with van der Waals surface area (Å²) in [6.07, 6.45) is 1.12. The molecule has 10 heavy (non-hydrogen) atoms. The molecule has 0 spiro atoms. The van der Waals surface area contributed by atoms with E-state index in [1.165, 1.54) is 0 Å². The molecule has 0 aliphatic rings. The van der Waals surface area contributed by atoms with Crippen molar-refractivity contribution in [2.75, 3.05) is 0 Å². The van der Waals surface area contributed by atoms with E-state index in [1.807, 2.05) is 0 Å². The molecule has 0 unspecified atom stereocenters. The maximum atomic E-state index is 9.55. The van der Waals surface area contributed by atoms with Crippen molar-refractivity contribution in [3.63, 3.8) is 0 Å². The van der Waals surface area contributed by atoms with Crippen LogP contribution in [-0.4, -0.2) is 51.7 Å². The molecule has 0 fully saturated rings. The number of aliphatic carboxylic acids is 2. The van der Waals surface area contributed by atoms with Gasteiger partial charge in [-0.05, 0) is 0 Å². The minimum atomic E-state index is -1.26. The fourth-order valence-electron chi connectivity index (χ4n) is 0.143. The van der Waals surface area contributed by atoms with Crippen molar-refractivity contribution in [1.82, 2.24) is 6.15 Å². The molecule has 0 aliphatic heterocycles. The molecule has 54 valence electrons. The first kappa shape index (κ1) is 16.3. The zero-order valence-electron chi connectivity index (χ0n) is 4.57. The average molecular weight is 157 g/mol. The van der Waals surface area contributed by atoms with Gasteiger partial charge in [0.1, 0.15) is 0 Å². The van der Waals surface area contributed by atoms with Crippen LogP contribution in [0.15, 0.2) is 12.2 Å². The van der Waals surface area contributed by atoms with Gasteiger partial charge < -0.3 is 16.4 Å². The fraction of sp³-hybridized carbons (Fsp3) is 0. The Morgan fingerprint density at radius 2 is 1.20 bits per heavy atom. The number of rotatable bonds is 2. The first-order valence-corrected chi connectivity index (χ1v) is 1.77. The van der Waals surface area contributed by atoms with E-state index in [-0.39, 0.29) is 35.7 Å². The van der Waals surface area contributed by atoms with Crippen LogP contribution in [0.25, 0.3) is 0 Å². The van der Waals surface area contributed by atoms with Crippen LogP contribution in [-0.2, 0) is 9.59 Å². The average Bonchev–Trinajstić information content (AvgIpc) is 1.61. The molecule has 0 amide bonds. The Balaban J connectivity index is -0.000000245. The Labute approximate surface area is 79.6 Å². The summed E-state index contributed by atoms with van der Waals surface area (Å²) in [5.74, 6) is -2.51. The molecule has 0 atom stereocenters. The number of carbonyl (C=O) groups is 2.